The maximum atomic E-state index is 6.80. The van der Waals surface area contributed by atoms with E-state index in [-0.39, 0.29) is 0 Å². The van der Waals surface area contributed by atoms with E-state index in [1.54, 1.807) is 0 Å². The van der Waals surface area contributed by atoms with Gasteiger partial charge in [0.05, 0.1) is 25.5 Å². The zero-order valence-electron chi connectivity index (χ0n) is 47.6. The summed E-state index contributed by atoms with van der Waals surface area (Å²) in [4.78, 5) is 1.33. The Morgan fingerprint density at radius 1 is 0.325 bits per heavy atom. The fourth-order valence-electron chi connectivity index (χ4n) is 11.2. The van der Waals surface area contributed by atoms with Crippen molar-refractivity contribution in [3.05, 3.63) is 242 Å². The van der Waals surface area contributed by atoms with Crippen molar-refractivity contribution in [1.82, 2.24) is 20.4 Å². The van der Waals surface area contributed by atoms with E-state index in [0.717, 1.165) is 62.0 Å². The molecule has 11 rings (SSSR count). The van der Waals surface area contributed by atoms with Gasteiger partial charge in [-0.25, -0.2) is 0 Å². The molecule has 0 radical (unpaired) electrons. The topological polar surface area (TPSA) is 96.3 Å². The SMILES string of the molecule is CCCCCCCOc1c(-c2nnc(-c3ccc(C[P+](c4ccccc4)(c4ccccc4)c4ccccc4)cc3)o2)sc(-c2nnc(-c3ccc(C[P+](c4ccccc4)(c4ccccc4)c4ccccc4)cc3)o2)c1OCCCCCCC. The van der Waals surface area contributed by atoms with Crippen molar-refractivity contribution >= 4 is 57.7 Å². The maximum Gasteiger partial charge on any atom is 0.262 e. The normalized spacial score (nSPS) is 11.7. The molecule has 0 aliphatic rings. The quantitative estimate of drug-likeness (QED) is 0.0353. The molecule has 0 spiro atoms. The van der Waals surface area contributed by atoms with Crippen LogP contribution in [0.3, 0.4) is 0 Å². The third kappa shape index (κ3) is 13.0. The highest BCUT2D eigenvalue weighted by Gasteiger charge is 2.47. The van der Waals surface area contributed by atoms with E-state index in [4.69, 9.17) is 28.5 Å². The second kappa shape index (κ2) is 28.0. The minimum Gasteiger partial charge on any atom is -0.488 e. The lowest BCUT2D eigenvalue weighted by Gasteiger charge is -2.27. The van der Waals surface area contributed by atoms with E-state index in [9.17, 15) is 0 Å². The fourth-order valence-corrected chi connectivity index (χ4v) is 20.7. The molecule has 0 amide bonds. The van der Waals surface area contributed by atoms with Gasteiger partial charge in [-0.2, -0.15) is 0 Å². The second-order valence-electron chi connectivity index (χ2n) is 21.1. The Kier molecular flexibility index (Phi) is 19.2. The summed E-state index contributed by atoms with van der Waals surface area (Å²) < 4.78 is 27.0. The number of ether oxygens (including phenoxy) is 2. The highest BCUT2D eigenvalue weighted by atomic mass is 32.1. The Morgan fingerprint density at radius 2 is 0.602 bits per heavy atom. The lowest BCUT2D eigenvalue weighted by Crippen LogP contribution is -2.32. The standard InChI is InChI=1S/C72H72N4O4P2S/c1-3-5-7-9-29-51-77-65-66(78-52-30-10-8-6-4-2)68(72-76-74-70(80-72)58-49-45-56(46-50-58)54-82(62-37-23-14-24-38-62,63-39-25-15-26-40-63)64-41-27-16-28-42-64)83-67(65)71-75-73-69(79-71)57-47-43-55(44-48-57)53-81(59-31-17-11-18-32-59,60-33-19-12-20-34-60)61-35-21-13-22-36-61/h11-28,31-50H,3-10,29-30,51-54H2,1-2H3/q+2. The molecule has 0 atom stereocenters. The monoisotopic (exact) mass is 1150 g/mol. The predicted octanol–water partition coefficient (Wildman–Crippen LogP) is 16.9. The van der Waals surface area contributed by atoms with E-state index in [0.29, 0.717) is 58.0 Å². The van der Waals surface area contributed by atoms with Gasteiger partial charge in [0.1, 0.15) is 56.1 Å². The van der Waals surface area contributed by atoms with Gasteiger partial charge in [-0.1, -0.05) is 199 Å². The third-order valence-corrected chi connectivity index (χ3v) is 25.4. The summed E-state index contributed by atoms with van der Waals surface area (Å²) in [6.45, 7) is 5.48. The van der Waals surface area contributed by atoms with Crippen molar-refractivity contribution in [3.8, 4) is 55.9 Å². The lowest BCUT2D eigenvalue weighted by molar-refractivity contribution is 0.261. The molecule has 3 aromatic heterocycles. The Balaban J connectivity index is 0.915. The Labute approximate surface area is 494 Å². The third-order valence-electron chi connectivity index (χ3n) is 15.5. The van der Waals surface area contributed by atoms with Gasteiger partial charge >= 0.3 is 0 Å². The molecule has 8 aromatic carbocycles. The molecule has 83 heavy (non-hydrogen) atoms. The summed E-state index contributed by atoms with van der Waals surface area (Å²) in [7, 11) is -4.22. The van der Waals surface area contributed by atoms with Gasteiger partial charge in [0.25, 0.3) is 11.8 Å². The van der Waals surface area contributed by atoms with Crippen molar-refractivity contribution in [2.24, 2.45) is 0 Å². The van der Waals surface area contributed by atoms with Crippen LogP contribution < -0.4 is 41.3 Å². The molecule has 0 unspecified atom stereocenters. The summed E-state index contributed by atoms with van der Waals surface area (Å²) in [6.07, 6.45) is 12.7. The molecule has 0 aliphatic heterocycles. The number of hydrogen-bond donors (Lipinski definition) is 0. The zero-order valence-corrected chi connectivity index (χ0v) is 50.2. The average molecular weight is 1150 g/mol. The van der Waals surface area contributed by atoms with Gasteiger partial charge in [0, 0.05) is 11.1 Å². The first-order valence-electron chi connectivity index (χ1n) is 29.5. The van der Waals surface area contributed by atoms with Crippen molar-refractivity contribution in [3.63, 3.8) is 0 Å². The highest BCUT2D eigenvalue weighted by Crippen LogP contribution is 2.60. The molecule has 8 nitrogen and oxygen atoms in total. The van der Waals surface area contributed by atoms with Gasteiger partial charge in [0.15, 0.2) is 11.5 Å². The van der Waals surface area contributed by atoms with Crippen molar-refractivity contribution in [2.45, 2.75) is 90.4 Å². The summed E-state index contributed by atoms with van der Waals surface area (Å²) in [5.74, 6) is 2.64. The Hall–Kier alpha value is -7.80. The van der Waals surface area contributed by atoms with Crippen LogP contribution in [0, 0.1) is 0 Å². The highest BCUT2D eigenvalue weighted by molar-refractivity contribution is 7.95. The number of nitrogens with zero attached hydrogens (tertiary/aromatic N) is 4. The molecule has 0 fully saturated rings. The van der Waals surface area contributed by atoms with Gasteiger partial charge in [-0.05, 0) is 121 Å². The molecular formula is C72H72N4O4P2S+2. The van der Waals surface area contributed by atoms with E-state index < -0.39 is 14.5 Å². The first-order chi connectivity index (χ1) is 41.1. The molecule has 0 saturated carbocycles. The molecular weight excluding hydrogens is 1080 g/mol. The van der Waals surface area contributed by atoms with Crippen LogP contribution in [0.4, 0.5) is 0 Å². The number of aromatic nitrogens is 4. The van der Waals surface area contributed by atoms with Crippen molar-refractivity contribution < 1.29 is 18.3 Å². The van der Waals surface area contributed by atoms with Crippen LogP contribution >= 0.6 is 25.9 Å². The number of hydrogen-bond acceptors (Lipinski definition) is 9. The molecule has 418 valence electrons. The number of benzene rings is 8. The van der Waals surface area contributed by atoms with E-state index in [1.807, 2.05) is 0 Å². The minimum atomic E-state index is -2.11. The van der Waals surface area contributed by atoms with E-state index in [1.165, 1.54) is 80.0 Å². The number of unbranched alkanes of at least 4 members (excludes halogenated alkanes) is 8. The van der Waals surface area contributed by atoms with Crippen molar-refractivity contribution in [1.29, 1.82) is 0 Å². The number of rotatable bonds is 28. The fraction of sp³-hybridized carbons (Fsp3) is 0.222. The molecule has 0 N–H and O–H groups in total. The van der Waals surface area contributed by atoms with Crippen LogP contribution in [0.1, 0.15) is 89.2 Å². The Morgan fingerprint density at radius 3 is 0.892 bits per heavy atom. The van der Waals surface area contributed by atoms with Crippen LogP contribution in [-0.2, 0) is 12.3 Å². The van der Waals surface area contributed by atoms with Gasteiger partial charge in [0.2, 0.25) is 11.8 Å². The first-order valence-corrected chi connectivity index (χ1v) is 34.2. The molecule has 0 saturated heterocycles. The van der Waals surface area contributed by atoms with Crippen LogP contribution in [0.2, 0.25) is 0 Å². The minimum absolute atomic E-state index is 0.340. The summed E-state index contributed by atoms with van der Waals surface area (Å²) >= 11 is 1.42. The zero-order chi connectivity index (χ0) is 56.5. The maximum absolute atomic E-state index is 6.80. The summed E-state index contributed by atoms with van der Waals surface area (Å²) in [5.41, 5.74) is 4.10. The largest absolute Gasteiger partial charge is 0.488 e. The molecule has 3 heterocycles. The smallest absolute Gasteiger partial charge is 0.262 e. The van der Waals surface area contributed by atoms with Crippen LogP contribution in [0.25, 0.3) is 44.4 Å². The van der Waals surface area contributed by atoms with Crippen molar-refractivity contribution in [2.75, 3.05) is 13.2 Å². The van der Waals surface area contributed by atoms with E-state index in [2.05, 4.69) is 255 Å². The number of thiophene rings is 1. The van der Waals surface area contributed by atoms with Crippen LogP contribution in [-0.4, -0.2) is 33.6 Å². The van der Waals surface area contributed by atoms with Gasteiger partial charge in [-0.3, -0.25) is 0 Å². The molecule has 0 aliphatic carbocycles. The summed E-state index contributed by atoms with van der Waals surface area (Å²) in [5, 5.41) is 26.8. The van der Waals surface area contributed by atoms with Crippen LogP contribution in [0.15, 0.2) is 239 Å². The first kappa shape index (κ1) is 57.0. The second-order valence-corrected chi connectivity index (χ2v) is 29.1. The molecule has 11 aromatic rings. The molecule has 11 heteroatoms. The van der Waals surface area contributed by atoms with E-state index >= 15 is 0 Å². The Bertz CT molecular complexity index is 3270. The molecule has 0 bridgehead atoms. The summed E-state index contributed by atoms with van der Waals surface area (Å²) in [6, 6.07) is 83.2. The lowest BCUT2D eigenvalue weighted by atomic mass is 10.1. The van der Waals surface area contributed by atoms with Crippen LogP contribution in [0.5, 0.6) is 11.5 Å². The van der Waals surface area contributed by atoms with Gasteiger partial charge in [-0.15, -0.1) is 31.7 Å². The average Bonchev–Trinajstić information content (AvgIpc) is 3.88. The van der Waals surface area contributed by atoms with Gasteiger partial charge < -0.3 is 18.3 Å². The predicted molar refractivity (Wildman–Crippen MR) is 348 cm³/mol.